The Hall–Kier alpha value is -1.95. The monoisotopic (exact) mass is 392 g/mol. The Morgan fingerprint density at radius 3 is 2.79 bits per heavy atom. The van der Waals surface area contributed by atoms with Gasteiger partial charge in [0, 0.05) is 44.1 Å². The molecule has 1 aromatic heterocycles. The summed E-state index contributed by atoms with van der Waals surface area (Å²) in [5.74, 6) is 1.78. The number of aryl methyl sites for hydroxylation is 1. The number of halogens is 1. The first-order valence-electron chi connectivity index (χ1n) is 7.89. The van der Waals surface area contributed by atoms with E-state index < -0.39 is 0 Å². The number of guanidine groups is 1. The highest BCUT2D eigenvalue weighted by Crippen LogP contribution is 2.15. The van der Waals surface area contributed by atoms with Gasteiger partial charge in [0.2, 0.25) is 0 Å². The Balaban J connectivity index is 1.88. The number of ether oxygens (including phenoxy) is 1. The summed E-state index contributed by atoms with van der Waals surface area (Å²) in [5.41, 5.74) is 2.46. The normalized spacial score (nSPS) is 11.5. The summed E-state index contributed by atoms with van der Waals surface area (Å²) in [6.45, 7) is 1.61. The van der Waals surface area contributed by atoms with Crippen molar-refractivity contribution in [1.82, 2.24) is 14.8 Å². The van der Waals surface area contributed by atoms with Gasteiger partial charge in [-0.3, -0.25) is 4.99 Å². The Morgan fingerprint density at radius 1 is 1.38 bits per heavy atom. The van der Waals surface area contributed by atoms with Crippen LogP contribution >= 0.6 is 15.9 Å². The van der Waals surface area contributed by atoms with Gasteiger partial charge in [-0.1, -0.05) is 12.1 Å². The van der Waals surface area contributed by atoms with Gasteiger partial charge in [-0.15, -0.1) is 0 Å². The molecular formula is C18H25BrN4O. The summed E-state index contributed by atoms with van der Waals surface area (Å²) in [5, 5.41) is 3.42. The van der Waals surface area contributed by atoms with Crippen LogP contribution in [0.1, 0.15) is 11.3 Å². The van der Waals surface area contributed by atoms with Gasteiger partial charge >= 0.3 is 0 Å². The van der Waals surface area contributed by atoms with Crippen LogP contribution in [0.15, 0.2) is 46.0 Å². The molecule has 1 N–H and O–H groups in total. The highest BCUT2D eigenvalue weighted by molar-refractivity contribution is 9.10. The van der Waals surface area contributed by atoms with Gasteiger partial charge in [-0.05, 0) is 46.1 Å². The fraction of sp³-hybridized carbons (Fsp3) is 0.389. The van der Waals surface area contributed by atoms with Gasteiger partial charge in [-0.2, -0.15) is 0 Å². The van der Waals surface area contributed by atoms with Gasteiger partial charge in [0.05, 0.1) is 13.7 Å². The number of nitrogens with one attached hydrogen (secondary N) is 1. The average molecular weight is 393 g/mol. The van der Waals surface area contributed by atoms with Crippen LogP contribution in [0.2, 0.25) is 0 Å². The van der Waals surface area contributed by atoms with Crippen molar-refractivity contribution >= 4 is 21.9 Å². The molecule has 1 aromatic carbocycles. The van der Waals surface area contributed by atoms with Crippen molar-refractivity contribution in [2.45, 2.75) is 13.0 Å². The summed E-state index contributed by atoms with van der Waals surface area (Å²) < 4.78 is 8.47. The lowest BCUT2D eigenvalue weighted by Crippen LogP contribution is -2.39. The van der Waals surface area contributed by atoms with Crippen LogP contribution in [-0.2, 0) is 20.0 Å². The van der Waals surface area contributed by atoms with E-state index in [-0.39, 0.29) is 0 Å². The van der Waals surface area contributed by atoms with Crippen molar-refractivity contribution in [3.63, 3.8) is 0 Å². The van der Waals surface area contributed by atoms with E-state index in [2.05, 4.69) is 60.1 Å². The third-order valence-electron chi connectivity index (χ3n) is 3.88. The molecule has 6 heteroatoms. The molecule has 1 heterocycles. The predicted molar refractivity (Wildman–Crippen MR) is 103 cm³/mol. The smallest absolute Gasteiger partial charge is 0.193 e. The highest BCUT2D eigenvalue weighted by atomic mass is 79.9. The largest absolute Gasteiger partial charge is 0.497 e. The number of hydrogen-bond donors (Lipinski definition) is 1. The first kappa shape index (κ1) is 18.4. The third-order valence-corrected chi connectivity index (χ3v) is 4.31. The number of benzene rings is 1. The zero-order valence-electron chi connectivity index (χ0n) is 14.7. The molecule has 0 radical (unpaired) electrons. The standard InChI is InChI=1S/C18H25BrN4O/c1-20-18(23(3)13-16-11-15(19)12-22(16)2)21-9-8-14-6-5-7-17(10-14)24-4/h5-7,10-12H,8-9,13H2,1-4H3,(H,20,21). The van der Waals surface area contributed by atoms with E-state index in [1.54, 1.807) is 7.11 Å². The van der Waals surface area contributed by atoms with Crippen LogP contribution in [0.4, 0.5) is 0 Å². The second-order valence-electron chi connectivity index (χ2n) is 5.69. The molecule has 0 spiro atoms. The van der Waals surface area contributed by atoms with Gasteiger partial charge < -0.3 is 19.5 Å². The molecule has 0 saturated carbocycles. The Kier molecular flexibility index (Phi) is 6.73. The molecule has 0 amide bonds. The third kappa shape index (κ3) is 5.03. The molecule has 24 heavy (non-hydrogen) atoms. The number of aromatic nitrogens is 1. The Labute approximate surface area is 152 Å². The minimum atomic E-state index is 0.793. The van der Waals surface area contributed by atoms with Crippen LogP contribution in [-0.4, -0.2) is 43.2 Å². The average Bonchev–Trinajstić information content (AvgIpc) is 2.89. The lowest BCUT2D eigenvalue weighted by atomic mass is 10.1. The van der Waals surface area contributed by atoms with Gasteiger partial charge in [-0.25, -0.2) is 0 Å². The molecule has 0 aliphatic carbocycles. The van der Waals surface area contributed by atoms with E-state index in [0.29, 0.717) is 0 Å². The number of methoxy groups -OCH3 is 1. The molecule has 0 saturated heterocycles. The van der Waals surface area contributed by atoms with Crippen LogP contribution in [0, 0.1) is 0 Å². The van der Waals surface area contributed by atoms with Gasteiger partial charge in [0.15, 0.2) is 5.96 Å². The van der Waals surface area contributed by atoms with E-state index in [9.17, 15) is 0 Å². The summed E-state index contributed by atoms with van der Waals surface area (Å²) in [6, 6.07) is 10.3. The molecule has 0 bridgehead atoms. The van der Waals surface area contributed by atoms with Crippen molar-refractivity contribution < 1.29 is 4.74 Å². The van der Waals surface area contributed by atoms with Gasteiger partial charge in [0.25, 0.3) is 0 Å². The molecule has 0 unspecified atom stereocenters. The van der Waals surface area contributed by atoms with Crippen LogP contribution in [0.3, 0.4) is 0 Å². The number of nitrogens with zero attached hydrogens (tertiary/aromatic N) is 3. The topological polar surface area (TPSA) is 41.8 Å². The van der Waals surface area contributed by atoms with Crippen molar-refractivity contribution in [2.75, 3.05) is 27.7 Å². The van der Waals surface area contributed by atoms with Crippen molar-refractivity contribution in [1.29, 1.82) is 0 Å². The van der Waals surface area contributed by atoms with Crippen molar-refractivity contribution in [2.24, 2.45) is 12.0 Å². The molecule has 5 nitrogen and oxygen atoms in total. The molecule has 130 valence electrons. The highest BCUT2D eigenvalue weighted by Gasteiger charge is 2.09. The second-order valence-corrected chi connectivity index (χ2v) is 6.61. The molecule has 2 aromatic rings. The van der Waals surface area contributed by atoms with Crippen LogP contribution in [0.5, 0.6) is 5.75 Å². The van der Waals surface area contributed by atoms with Gasteiger partial charge in [0.1, 0.15) is 5.75 Å². The van der Waals surface area contributed by atoms with E-state index >= 15 is 0 Å². The molecule has 0 atom stereocenters. The summed E-state index contributed by atoms with van der Waals surface area (Å²) in [6.07, 6.45) is 2.97. The molecular weight excluding hydrogens is 368 g/mol. The van der Waals surface area contributed by atoms with E-state index in [1.807, 2.05) is 33.3 Å². The van der Waals surface area contributed by atoms with E-state index in [0.717, 1.165) is 35.7 Å². The number of hydrogen-bond acceptors (Lipinski definition) is 2. The zero-order valence-corrected chi connectivity index (χ0v) is 16.3. The molecule has 0 fully saturated rings. The summed E-state index contributed by atoms with van der Waals surface area (Å²) in [4.78, 5) is 6.49. The fourth-order valence-electron chi connectivity index (χ4n) is 2.57. The maximum absolute atomic E-state index is 5.26. The van der Waals surface area contributed by atoms with Crippen LogP contribution < -0.4 is 10.1 Å². The zero-order chi connectivity index (χ0) is 17.5. The quantitative estimate of drug-likeness (QED) is 0.606. The van der Waals surface area contributed by atoms with Crippen molar-refractivity contribution in [3.05, 3.63) is 52.3 Å². The van der Waals surface area contributed by atoms with Crippen molar-refractivity contribution in [3.8, 4) is 5.75 Å². The summed E-state index contributed by atoms with van der Waals surface area (Å²) in [7, 11) is 7.59. The maximum Gasteiger partial charge on any atom is 0.193 e. The lowest BCUT2D eigenvalue weighted by Gasteiger charge is -2.22. The first-order valence-corrected chi connectivity index (χ1v) is 8.68. The van der Waals surface area contributed by atoms with E-state index in [1.165, 1.54) is 11.3 Å². The maximum atomic E-state index is 5.26. The van der Waals surface area contributed by atoms with E-state index in [4.69, 9.17) is 4.74 Å². The minimum Gasteiger partial charge on any atom is -0.497 e. The summed E-state index contributed by atoms with van der Waals surface area (Å²) >= 11 is 3.51. The molecule has 0 aliphatic heterocycles. The Bertz CT molecular complexity index is 696. The number of aliphatic imine (C=N–C) groups is 1. The SMILES string of the molecule is CN=C(NCCc1cccc(OC)c1)N(C)Cc1cc(Br)cn1C. The number of rotatable bonds is 6. The predicted octanol–water partition coefficient (Wildman–Crippen LogP) is 3.05. The van der Waals surface area contributed by atoms with Crippen LogP contribution in [0.25, 0.3) is 0 Å². The minimum absolute atomic E-state index is 0.793. The molecule has 0 aliphatic rings. The lowest BCUT2D eigenvalue weighted by molar-refractivity contribution is 0.414. The second kappa shape index (κ2) is 8.78. The fourth-order valence-corrected chi connectivity index (χ4v) is 3.14. The first-order chi connectivity index (χ1) is 11.5. The Morgan fingerprint density at radius 2 is 2.17 bits per heavy atom. The molecule has 2 rings (SSSR count).